The molecule has 6 nitrogen and oxygen atoms in total. The number of aryl methyl sites for hydroxylation is 1. The van der Waals surface area contributed by atoms with Gasteiger partial charge in [0.25, 0.3) is 11.8 Å². The molecule has 0 radical (unpaired) electrons. The molecule has 2 amide bonds. The van der Waals surface area contributed by atoms with Crippen LogP contribution in [-0.2, 0) is 16.0 Å². The number of unbranched alkanes of at least 4 members (excludes halogenated alkanes) is 1. The van der Waals surface area contributed by atoms with Crippen molar-refractivity contribution in [1.29, 1.82) is 0 Å². The molecule has 2 heterocycles. The van der Waals surface area contributed by atoms with Crippen LogP contribution in [0.4, 0.5) is 11.4 Å². The Kier molecular flexibility index (Phi) is 6.04. The lowest BCUT2D eigenvalue weighted by atomic mass is 10.0. The lowest BCUT2D eigenvalue weighted by molar-refractivity contribution is -0.120. The lowest BCUT2D eigenvalue weighted by Crippen LogP contribution is -2.32. The fraction of sp³-hybridized carbons (Fsp3) is 0.214. The SMILES string of the molecule is CCCCc1ccc(N2C(=O)C(Nc3ccc4c(c3)OCCO4)=C(c3ccccc3)C2=O)cc1. The molecule has 0 aliphatic carbocycles. The van der Waals surface area contributed by atoms with Gasteiger partial charge in [-0.2, -0.15) is 0 Å². The van der Waals surface area contributed by atoms with Crippen molar-refractivity contribution >= 4 is 28.8 Å². The number of hydrogen-bond donors (Lipinski definition) is 1. The number of benzene rings is 3. The molecule has 34 heavy (non-hydrogen) atoms. The Morgan fingerprint density at radius 2 is 1.59 bits per heavy atom. The molecule has 0 bridgehead atoms. The Hall–Kier alpha value is -4.06. The molecular formula is C28H26N2O4. The highest BCUT2D eigenvalue weighted by molar-refractivity contribution is 6.46. The number of imide groups is 1. The number of amides is 2. The Morgan fingerprint density at radius 3 is 2.32 bits per heavy atom. The molecule has 0 fully saturated rings. The number of nitrogens with zero attached hydrogens (tertiary/aromatic N) is 1. The Morgan fingerprint density at radius 1 is 0.853 bits per heavy atom. The molecule has 3 aromatic carbocycles. The minimum absolute atomic E-state index is 0.239. The number of nitrogens with one attached hydrogen (secondary N) is 1. The van der Waals surface area contributed by atoms with E-state index in [1.165, 1.54) is 10.5 Å². The van der Waals surface area contributed by atoms with E-state index in [0.717, 1.165) is 19.3 Å². The minimum atomic E-state index is -0.389. The summed E-state index contributed by atoms with van der Waals surface area (Å²) < 4.78 is 11.3. The van der Waals surface area contributed by atoms with E-state index in [1.54, 1.807) is 12.1 Å². The van der Waals surface area contributed by atoms with Gasteiger partial charge >= 0.3 is 0 Å². The number of carbonyl (C=O) groups excluding carboxylic acids is 2. The first-order valence-corrected chi connectivity index (χ1v) is 11.6. The highest BCUT2D eigenvalue weighted by Crippen LogP contribution is 2.37. The molecule has 0 saturated carbocycles. The second-order valence-corrected chi connectivity index (χ2v) is 8.32. The van der Waals surface area contributed by atoms with Crippen LogP contribution in [0.15, 0.2) is 78.5 Å². The summed E-state index contributed by atoms with van der Waals surface area (Å²) in [5, 5.41) is 3.19. The molecular weight excluding hydrogens is 428 g/mol. The van der Waals surface area contributed by atoms with Gasteiger partial charge in [0.1, 0.15) is 18.9 Å². The van der Waals surface area contributed by atoms with Crippen molar-refractivity contribution < 1.29 is 19.1 Å². The summed E-state index contributed by atoms with van der Waals surface area (Å²) in [6.07, 6.45) is 3.19. The number of carbonyl (C=O) groups is 2. The van der Waals surface area contributed by atoms with Gasteiger partial charge in [-0.05, 0) is 48.2 Å². The van der Waals surface area contributed by atoms with Gasteiger partial charge < -0.3 is 14.8 Å². The average molecular weight is 455 g/mol. The van der Waals surface area contributed by atoms with Crippen LogP contribution in [0.3, 0.4) is 0 Å². The fourth-order valence-electron chi connectivity index (χ4n) is 4.21. The first-order valence-electron chi connectivity index (χ1n) is 11.6. The maximum Gasteiger partial charge on any atom is 0.282 e. The van der Waals surface area contributed by atoms with Crippen molar-refractivity contribution in [2.45, 2.75) is 26.2 Å². The monoisotopic (exact) mass is 454 g/mol. The van der Waals surface area contributed by atoms with Crippen molar-refractivity contribution in [3.8, 4) is 11.5 Å². The average Bonchev–Trinajstić information content (AvgIpc) is 3.12. The molecule has 1 N–H and O–H groups in total. The predicted molar refractivity (Wildman–Crippen MR) is 132 cm³/mol. The van der Waals surface area contributed by atoms with Crippen LogP contribution in [0.1, 0.15) is 30.9 Å². The Labute approximate surface area is 198 Å². The maximum atomic E-state index is 13.6. The molecule has 0 unspecified atom stereocenters. The zero-order valence-electron chi connectivity index (χ0n) is 19.0. The van der Waals surface area contributed by atoms with Crippen LogP contribution in [0.25, 0.3) is 5.57 Å². The van der Waals surface area contributed by atoms with E-state index in [9.17, 15) is 9.59 Å². The maximum absolute atomic E-state index is 13.6. The van der Waals surface area contributed by atoms with E-state index in [0.29, 0.717) is 47.2 Å². The molecule has 5 rings (SSSR count). The van der Waals surface area contributed by atoms with E-state index in [2.05, 4.69) is 12.2 Å². The zero-order chi connectivity index (χ0) is 23.5. The smallest absolute Gasteiger partial charge is 0.282 e. The van der Waals surface area contributed by atoms with Crippen molar-refractivity contribution in [1.82, 2.24) is 0 Å². The molecule has 0 saturated heterocycles. The molecule has 0 atom stereocenters. The van der Waals surface area contributed by atoms with Gasteiger partial charge in [0.2, 0.25) is 0 Å². The second-order valence-electron chi connectivity index (χ2n) is 8.32. The van der Waals surface area contributed by atoms with Gasteiger partial charge in [0.05, 0.1) is 11.3 Å². The largest absolute Gasteiger partial charge is 0.486 e. The number of anilines is 2. The summed E-state index contributed by atoms with van der Waals surface area (Å²) in [6.45, 7) is 3.12. The van der Waals surface area contributed by atoms with Gasteiger partial charge in [0, 0.05) is 11.8 Å². The third kappa shape index (κ3) is 4.15. The molecule has 3 aromatic rings. The van der Waals surface area contributed by atoms with Gasteiger partial charge in [0.15, 0.2) is 11.5 Å². The highest BCUT2D eigenvalue weighted by Gasteiger charge is 2.40. The lowest BCUT2D eigenvalue weighted by Gasteiger charge is -2.19. The normalized spacial score (nSPS) is 15.1. The molecule has 2 aliphatic rings. The van der Waals surface area contributed by atoms with Crippen molar-refractivity contribution in [3.63, 3.8) is 0 Å². The molecule has 0 aromatic heterocycles. The van der Waals surface area contributed by atoms with Crippen molar-refractivity contribution in [3.05, 3.63) is 89.6 Å². The van der Waals surface area contributed by atoms with Crippen LogP contribution in [0.2, 0.25) is 0 Å². The quantitative estimate of drug-likeness (QED) is 0.497. The van der Waals surface area contributed by atoms with Crippen LogP contribution in [0.5, 0.6) is 11.5 Å². The zero-order valence-corrected chi connectivity index (χ0v) is 19.0. The fourth-order valence-corrected chi connectivity index (χ4v) is 4.21. The summed E-state index contributed by atoms with van der Waals surface area (Å²) in [5.41, 5.74) is 3.66. The van der Waals surface area contributed by atoms with Crippen LogP contribution >= 0.6 is 0 Å². The van der Waals surface area contributed by atoms with Crippen molar-refractivity contribution in [2.75, 3.05) is 23.4 Å². The van der Waals surface area contributed by atoms with Gasteiger partial charge in [-0.3, -0.25) is 9.59 Å². The van der Waals surface area contributed by atoms with E-state index < -0.39 is 0 Å². The molecule has 0 spiro atoms. The first kappa shape index (κ1) is 21.8. The first-order chi connectivity index (χ1) is 16.7. The highest BCUT2D eigenvalue weighted by atomic mass is 16.6. The van der Waals surface area contributed by atoms with Gasteiger partial charge in [-0.15, -0.1) is 0 Å². The van der Waals surface area contributed by atoms with Crippen LogP contribution in [-0.4, -0.2) is 25.0 Å². The standard InChI is InChI=1S/C28H26N2O4/c1-2-3-7-19-10-13-22(14-11-19)30-27(31)25(20-8-5-4-6-9-20)26(28(30)32)29-21-12-15-23-24(18-21)34-17-16-33-23/h4-6,8-15,18,29H,2-3,7,16-17H2,1H3. The van der Waals surface area contributed by atoms with Gasteiger partial charge in [-0.1, -0.05) is 55.8 Å². The van der Waals surface area contributed by atoms with Gasteiger partial charge in [-0.25, -0.2) is 4.90 Å². The number of ether oxygens (including phenoxy) is 2. The number of hydrogen-bond acceptors (Lipinski definition) is 5. The third-order valence-electron chi connectivity index (χ3n) is 5.97. The molecule has 2 aliphatic heterocycles. The third-order valence-corrected chi connectivity index (χ3v) is 5.97. The predicted octanol–water partition coefficient (Wildman–Crippen LogP) is 5.20. The number of rotatable bonds is 7. The molecule has 6 heteroatoms. The summed E-state index contributed by atoms with van der Waals surface area (Å²) in [7, 11) is 0. The van der Waals surface area contributed by atoms with E-state index in [-0.39, 0.29) is 17.5 Å². The summed E-state index contributed by atoms with van der Waals surface area (Å²) in [6, 6.07) is 22.3. The van der Waals surface area contributed by atoms with Crippen LogP contribution in [0, 0.1) is 0 Å². The number of fused-ring (bicyclic) bond motifs is 1. The second kappa shape index (κ2) is 9.43. The Bertz CT molecular complexity index is 1250. The van der Waals surface area contributed by atoms with E-state index in [1.807, 2.05) is 60.7 Å². The topological polar surface area (TPSA) is 67.9 Å². The Balaban J connectivity index is 1.50. The summed E-state index contributed by atoms with van der Waals surface area (Å²) in [4.78, 5) is 28.4. The molecule has 172 valence electrons. The van der Waals surface area contributed by atoms with Crippen molar-refractivity contribution in [2.24, 2.45) is 0 Å². The summed E-state index contributed by atoms with van der Waals surface area (Å²) in [5.74, 6) is 0.527. The van der Waals surface area contributed by atoms with E-state index >= 15 is 0 Å². The van der Waals surface area contributed by atoms with E-state index in [4.69, 9.17) is 9.47 Å². The van der Waals surface area contributed by atoms with Crippen LogP contribution < -0.4 is 19.7 Å². The summed E-state index contributed by atoms with van der Waals surface area (Å²) >= 11 is 0. The minimum Gasteiger partial charge on any atom is -0.486 e.